The van der Waals surface area contributed by atoms with Crippen molar-refractivity contribution in [3.63, 3.8) is 0 Å². The van der Waals surface area contributed by atoms with Crippen LogP contribution in [0.1, 0.15) is 25.7 Å². The number of carboxylic acids is 1. The van der Waals surface area contributed by atoms with Gasteiger partial charge in [0.2, 0.25) is 11.9 Å². The Morgan fingerprint density at radius 3 is 2.50 bits per heavy atom. The summed E-state index contributed by atoms with van der Waals surface area (Å²) in [6.45, 7) is 3.51. The molecule has 1 amide bonds. The maximum Gasteiger partial charge on any atom is 0.490 e. The van der Waals surface area contributed by atoms with E-state index in [1.807, 2.05) is 6.07 Å². The van der Waals surface area contributed by atoms with Gasteiger partial charge in [-0.1, -0.05) is 0 Å². The minimum Gasteiger partial charge on any atom is -0.475 e. The van der Waals surface area contributed by atoms with Gasteiger partial charge < -0.3 is 20.2 Å². The zero-order valence-electron chi connectivity index (χ0n) is 16.7. The van der Waals surface area contributed by atoms with Gasteiger partial charge in [-0.3, -0.25) is 4.79 Å². The molecule has 3 aliphatic rings. The number of halogens is 3. The molecule has 0 radical (unpaired) electrons. The third-order valence-corrected chi connectivity index (χ3v) is 5.82. The van der Waals surface area contributed by atoms with Gasteiger partial charge in [-0.05, 0) is 44.7 Å². The smallest absolute Gasteiger partial charge is 0.475 e. The van der Waals surface area contributed by atoms with Crippen molar-refractivity contribution in [3.05, 3.63) is 18.5 Å². The van der Waals surface area contributed by atoms with Gasteiger partial charge in [0.15, 0.2) is 0 Å². The van der Waals surface area contributed by atoms with E-state index >= 15 is 0 Å². The zero-order chi connectivity index (χ0) is 21.9. The third kappa shape index (κ3) is 5.00. The van der Waals surface area contributed by atoms with Crippen LogP contribution in [0.25, 0.3) is 0 Å². The minimum atomic E-state index is -5.08. The van der Waals surface area contributed by atoms with Crippen LogP contribution >= 0.6 is 0 Å². The van der Waals surface area contributed by atoms with Gasteiger partial charge in [0, 0.05) is 38.6 Å². The van der Waals surface area contributed by atoms with E-state index < -0.39 is 12.1 Å². The molecule has 0 bridgehead atoms. The number of aromatic nitrogens is 2. The number of amides is 1. The lowest BCUT2D eigenvalue weighted by Crippen LogP contribution is -2.59. The van der Waals surface area contributed by atoms with E-state index in [0.29, 0.717) is 5.92 Å². The summed E-state index contributed by atoms with van der Waals surface area (Å²) in [7, 11) is 2.11. The first kappa shape index (κ1) is 22.3. The molecule has 1 aliphatic carbocycles. The Morgan fingerprint density at radius 1 is 1.30 bits per heavy atom. The van der Waals surface area contributed by atoms with E-state index in [1.165, 1.54) is 12.8 Å². The van der Waals surface area contributed by atoms with Crippen molar-refractivity contribution in [2.24, 2.45) is 11.3 Å². The fourth-order valence-corrected chi connectivity index (χ4v) is 4.24. The molecule has 3 heterocycles. The van der Waals surface area contributed by atoms with Crippen LogP contribution in [0.3, 0.4) is 0 Å². The van der Waals surface area contributed by atoms with Crippen LogP contribution in [-0.4, -0.2) is 77.3 Å². The Balaban J connectivity index is 0.000000318. The molecule has 1 aromatic heterocycles. The molecule has 2 N–H and O–H groups in total. The van der Waals surface area contributed by atoms with E-state index in [1.54, 1.807) is 12.4 Å². The molecule has 1 saturated carbocycles. The molecule has 2 atom stereocenters. The van der Waals surface area contributed by atoms with Gasteiger partial charge in [0.25, 0.3) is 0 Å². The molecule has 1 aromatic rings. The molecule has 30 heavy (non-hydrogen) atoms. The van der Waals surface area contributed by atoms with Gasteiger partial charge in [-0.15, -0.1) is 0 Å². The molecular formula is C19H26F3N5O3. The predicted molar refractivity (Wildman–Crippen MR) is 102 cm³/mol. The summed E-state index contributed by atoms with van der Waals surface area (Å²) in [4.78, 5) is 35.3. The van der Waals surface area contributed by atoms with Crippen molar-refractivity contribution in [1.82, 2.24) is 20.2 Å². The van der Waals surface area contributed by atoms with Crippen molar-refractivity contribution >= 4 is 17.8 Å². The second kappa shape index (κ2) is 8.75. The summed E-state index contributed by atoms with van der Waals surface area (Å²) < 4.78 is 31.7. The average molecular weight is 429 g/mol. The molecule has 0 spiro atoms. The zero-order valence-corrected chi connectivity index (χ0v) is 16.7. The number of piperidine rings is 1. The number of aliphatic carboxylic acids is 1. The summed E-state index contributed by atoms with van der Waals surface area (Å²) in [5.41, 5.74) is -0.318. The summed E-state index contributed by atoms with van der Waals surface area (Å²) in [6, 6.07) is 2.01. The van der Waals surface area contributed by atoms with Gasteiger partial charge in [0.1, 0.15) is 0 Å². The molecule has 4 rings (SSSR count). The fourth-order valence-electron chi connectivity index (χ4n) is 4.24. The first-order valence-corrected chi connectivity index (χ1v) is 9.94. The van der Waals surface area contributed by atoms with Crippen molar-refractivity contribution in [2.75, 3.05) is 38.1 Å². The van der Waals surface area contributed by atoms with E-state index in [2.05, 4.69) is 32.1 Å². The van der Waals surface area contributed by atoms with Crippen LogP contribution in [-0.2, 0) is 9.59 Å². The largest absolute Gasteiger partial charge is 0.490 e. The van der Waals surface area contributed by atoms with Gasteiger partial charge in [0.05, 0.1) is 11.5 Å². The highest BCUT2D eigenvalue weighted by Crippen LogP contribution is 2.43. The SMILES string of the molecule is CN1C[C@H]2N(c3ncccn3)CCC[C@@]2(C(=O)NCC2CC2)C1.O=C(O)C(F)(F)F. The normalized spacial score (nSPS) is 26.4. The second-order valence-corrected chi connectivity index (χ2v) is 8.17. The van der Waals surface area contributed by atoms with E-state index in [4.69, 9.17) is 9.90 Å². The average Bonchev–Trinajstić information content (AvgIpc) is 3.45. The van der Waals surface area contributed by atoms with Gasteiger partial charge in [-0.25, -0.2) is 14.8 Å². The number of carbonyl (C=O) groups excluding carboxylic acids is 1. The Hall–Kier alpha value is -2.43. The van der Waals surface area contributed by atoms with Crippen LogP contribution in [0.2, 0.25) is 0 Å². The summed E-state index contributed by atoms with van der Waals surface area (Å²) in [5.74, 6) is -1.05. The van der Waals surface area contributed by atoms with Crippen LogP contribution in [0.5, 0.6) is 0 Å². The fraction of sp³-hybridized carbons (Fsp3) is 0.684. The number of alkyl halides is 3. The second-order valence-electron chi connectivity index (χ2n) is 8.17. The molecule has 166 valence electrons. The summed E-state index contributed by atoms with van der Waals surface area (Å²) >= 11 is 0. The number of likely N-dealkylation sites (tertiary alicyclic amines) is 1. The van der Waals surface area contributed by atoms with Crippen LogP contribution < -0.4 is 10.2 Å². The van der Waals surface area contributed by atoms with Gasteiger partial charge >= 0.3 is 12.1 Å². The number of nitrogens with zero attached hydrogens (tertiary/aromatic N) is 4. The van der Waals surface area contributed by atoms with Crippen molar-refractivity contribution in [3.8, 4) is 0 Å². The molecule has 2 aliphatic heterocycles. The molecular weight excluding hydrogens is 403 g/mol. The highest BCUT2D eigenvalue weighted by molar-refractivity contribution is 5.85. The third-order valence-electron chi connectivity index (χ3n) is 5.82. The van der Waals surface area contributed by atoms with Gasteiger partial charge in [-0.2, -0.15) is 13.2 Å². The summed E-state index contributed by atoms with van der Waals surface area (Å²) in [5, 5.41) is 10.4. The Kier molecular flexibility index (Phi) is 6.49. The Labute approximate surface area is 172 Å². The molecule has 8 nitrogen and oxygen atoms in total. The monoisotopic (exact) mass is 429 g/mol. The Bertz CT molecular complexity index is 760. The van der Waals surface area contributed by atoms with Crippen LogP contribution in [0.15, 0.2) is 18.5 Å². The first-order valence-electron chi connectivity index (χ1n) is 9.94. The highest BCUT2D eigenvalue weighted by Gasteiger charge is 2.55. The van der Waals surface area contributed by atoms with E-state index in [-0.39, 0.29) is 17.4 Å². The standard InChI is InChI=1S/C17H25N5O.C2HF3O2/c1-21-11-14-17(12-21,15(23)20-10-13-4-5-13)6-2-9-22(14)16-18-7-3-8-19-16;3-2(4,5)1(6)7/h3,7-8,13-14H,2,4-6,9-12H2,1H3,(H,20,23);(H,6,7)/t14-,17-;/m1./s1. The number of nitrogens with one attached hydrogen (secondary N) is 1. The number of carboxylic acid groups (broad SMARTS) is 1. The maximum atomic E-state index is 13.1. The number of anilines is 1. The molecule has 0 unspecified atom stereocenters. The van der Waals surface area contributed by atoms with E-state index in [9.17, 15) is 18.0 Å². The number of hydrogen-bond acceptors (Lipinski definition) is 6. The molecule has 11 heteroatoms. The lowest BCUT2D eigenvalue weighted by atomic mass is 9.74. The predicted octanol–water partition coefficient (Wildman–Crippen LogP) is 1.54. The number of carbonyl (C=O) groups is 2. The van der Waals surface area contributed by atoms with Crippen LogP contribution in [0, 0.1) is 11.3 Å². The molecule has 2 saturated heterocycles. The maximum absolute atomic E-state index is 13.1. The number of likely N-dealkylation sites (N-methyl/N-ethyl adjacent to an activating group) is 1. The number of rotatable bonds is 4. The minimum absolute atomic E-state index is 0.169. The molecule has 3 fully saturated rings. The molecule has 0 aromatic carbocycles. The van der Waals surface area contributed by atoms with Crippen molar-refractivity contribution in [2.45, 2.75) is 37.9 Å². The Morgan fingerprint density at radius 2 is 1.93 bits per heavy atom. The number of fused-ring (bicyclic) bond motifs is 1. The lowest BCUT2D eigenvalue weighted by molar-refractivity contribution is -0.192. The van der Waals surface area contributed by atoms with Crippen molar-refractivity contribution < 1.29 is 27.9 Å². The van der Waals surface area contributed by atoms with Crippen LogP contribution in [0.4, 0.5) is 19.1 Å². The highest BCUT2D eigenvalue weighted by atomic mass is 19.4. The summed E-state index contributed by atoms with van der Waals surface area (Å²) in [6.07, 6.45) is 2.98. The lowest BCUT2D eigenvalue weighted by Gasteiger charge is -2.44. The number of hydrogen-bond donors (Lipinski definition) is 2. The quantitative estimate of drug-likeness (QED) is 0.749. The van der Waals surface area contributed by atoms with E-state index in [0.717, 1.165) is 45.0 Å². The van der Waals surface area contributed by atoms with Crippen molar-refractivity contribution in [1.29, 1.82) is 0 Å². The first-order chi connectivity index (χ1) is 14.1. The topological polar surface area (TPSA) is 98.7 Å².